The van der Waals surface area contributed by atoms with E-state index >= 15 is 0 Å². The lowest BCUT2D eigenvalue weighted by atomic mass is 9.99. The van der Waals surface area contributed by atoms with Gasteiger partial charge in [-0.1, -0.05) is 20.8 Å². The molecule has 1 saturated heterocycles. The van der Waals surface area contributed by atoms with E-state index < -0.39 is 0 Å². The van der Waals surface area contributed by atoms with Gasteiger partial charge in [-0.25, -0.2) is 0 Å². The minimum absolute atomic E-state index is 0.111. The van der Waals surface area contributed by atoms with E-state index in [-0.39, 0.29) is 16.9 Å². The summed E-state index contributed by atoms with van der Waals surface area (Å²) in [4.78, 5) is 14.1. The summed E-state index contributed by atoms with van der Waals surface area (Å²) >= 11 is 0. The van der Waals surface area contributed by atoms with Crippen LogP contribution in [0.25, 0.3) is 0 Å². The molecule has 1 amide bonds. The second kappa shape index (κ2) is 6.90. The standard InChI is InChI=1S/C16H32N2O2/c1-15(2,3)12-20-10-8-14(19)18-9-7-13(11-18)17-16(4,5)6/h13,17H,7-12H2,1-6H3. The molecule has 1 N–H and O–H groups in total. The summed E-state index contributed by atoms with van der Waals surface area (Å²) in [6.45, 7) is 15.8. The Morgan fingerprint density at radius 3 is 2.45 bits per heavy atom. The van der Waals surface area contributed by atoms with Crippen molar-refractivity contribution in [1.29, 1.82) is 0 Å². The van der Waals surface area contributed by atoms with Crippen molar-refractivity contribution < 1.29 is 9.53 Å². The number of carbonyl (C=O) groups is 1. The molecule has 20 heavy (non-hydrogen) atoms. The summed E-state index contributed by atoms with van der Waals surface area (Å²) in [7, 11) is 0. The van der Waals surface area contributed by atoms with Crippen molar-refractivity contribution in [3.05, 3.63) is 0 Å². The fourth-order valence-electron chi connectivity index (χ4n) is 2.41. The predicted octanol–water partition coefficient (Wildman–Crippen LogP) is 2.43. The maximum absolute atomic E-state index is 12.1. The minimum atomic E-state index is 0.111. The Morgan fingerprint density at radius 1 is 1.25 bits per heavy atom. The normalized spacial score (nSPS) is 20.5. The highest BCUT2D eigenvalue weighted by molar-refractivity contribution is 5.76. The molecule has 0 aromatic carbocycles. The zero-order valence-corrected chi connectivity index (χ0v) is 14.1. The fourth-order valence-corrected chi connectivity index (χ4v) is 2.41. The summed E-state index contributed by atoms with van der Waals surface area (Å²) in [6.07, 6.45) is 1.55. The van der Waals surface area contributed by atoms with Crippen LogP contribution >= 0.6 is 0 Å². The van der Waals surface area contributed by atoms with Gasteiger partial charge < -0.3 is 15.0 Å². The quantitative estimate of drug-likeness (QED) is 0.788. The van der Waals surface area contributed by atoms with E-state index in [0.29, 0.717) is 25.7 Å². The van der Waals surface area contributed by atoms with E-state index in [1.54, 1.807) is 0 Å². The first-order valence-electron chi connectivity index (χ1n) is 7.70. The molecule has 118 valence electrons. The van der Waals surface area contributed by atoms with Gasteiger partial charge in [-0.2, -0.15) is 0 Å². The second-order valence-corrected chi connectivity index (χ2v) is 8.08. The molecule has 0 aliphatic carbocycles. The molecule has 0 aromatic rings. The zero-order chi connectivity index (χ0) is 15.4. The van der Waals surface area contributed by atoms with Crippen LogP contribution in [-0.4, -0.2) is 48.7 Å². The molecule has 1 atom stereocenters. The highest BCUT2D eigenvalue weighted by Crippen LogP contribution is 2.15. The molecule has 1 aliphatic heterocycles. The molecular weight excluding hydrogens is 252 g/mol. The number of amides is 1. The lowest BCUT2D eigenvalue weighted by Gasteiger charge is -2.26. The smallest absolute Gasteiger partial charge is 0.224 e. The predicted molar refractivity (Wildman–Crippen MR) is 82.8 cm³/mol. The number of rotatable bonds is 5. The average molecular weight is 284 g/mol. The van der Waals surface area contributed by atoms with Crippen LogP contribution < -0.4 is 5.32 Å². The summed E-state index contributed by atoms with van der Waals surface area (Å²) in [5.74, 6) is 0.220. The SMILES string of the molecule is CC(C)(C)COCCC(=O)N1CCC(NC(C)(C)C)C1. The molecule has 0 aromatic heterocycles. The Hall–Kier alpha value is -0.610. The molecule has 1 unspecified atom stereocenters. The van der Waals surface area contributed by atoms with Crippen molar-refractivity contribution in [3.8, 4) is 0 Å². The zero-order valence-electron chi connectivity index (χ0n) is 14.1. The third kappa shape index (κ3) is 7.25. The highest BCUT2D eigenvalue weighted by atomic mass is 16.5. The Bertz CT molecular complexity index is 315. The topological polar surface area (TPSA) is 41.6 Å². The van der Waals surface area contributed by atoms with E-state index in [2.05, 4.69) is 46.9 Å². The van der Waals surface area contributed by atoms with Crippen molar-refractivity contribution >= 4 is 5.91 Å². The third-order valence-electron chi connectivity index (χ3n) is 3.17. The molecule has 0 saturated carbocycles. The molecule has 4 heteroatoms. The van der Waals surface area contributed by atoms with Gasteiger partial charge in [-0.05, 0) is 32.6 Å². The van der Waals surface area contributed by atoms with E-state index in [1.165, 1.54) is 0 Å². The van der Waals surface area contributed by atoms with Crippen LogP contribution in [-0.2, 0) is 9.53 Å². The maximum Gasteiger partial charge on any atom is 0.224 e. The molecular formula is C16H32N2O2. The lowest BCUT2D eigenvalue weighted by Crippen LogP contribution is -2.45. The van der Waals surface area contributed by atoms with Gasteiger partial charge in [0.15, 0.2) is 0 Å². The summed E-state index contributed by atoms with van der Waals surface area (Å²) in [5.41, 5.74) is 0.276. The van der Waals surface area contributed by atoms with Gasteiger partial charge in [0.1, 0.15) is 0 Å². The second-order valence-electron chi connectivity index (χ2n) is 8.08. The number of nitrogens with one attached hydrogen (secondary N) is 1. The lowest BCUT2D eigenvalue weighted by molar-refractivity contribution is -0.131. The molecule has 1 fully saturated rings. The van der Waals surface area contributed by atoms with Crippen molar-refractivity contribution in [2.24, 2.45) is 5.41 Å². The maximum atomic E-state index is 12.1. The fraction of sp³-hybridized carbons (Fsp3) is 0.938. The number of likely N-dealkylation sites (tertiary alicyclic amines) is 1. The van der Waals surface area contributed by atoms with Crippen molar-refractivity contribution in [3.63, 3.8) is 0 Å². The molecule has 0 bridgehead atoms. The van der Waals surface area contributed by atoms with Gasteiger partial charge in [0, 0.05) is 24.7 Å². The third-order valence-corrected chi connectivity index (χ3v) is 3.17. The molecule has 4 nitrogen and oxygen atoms in total. The van der Waals surface area contributed by atoms with E-state index in [9.17, 15) is 4.79 Å². The van der Waals surface area contributed by atoms with Gasteiger partial charge >= 0.3 is 0 Å². The number of ether oxygens (including phenoxy) is 1. The summed E-state index contributed by atoms with van der Waals surface area (Å²) in [5, 5.41) is 3.56. The number of hydrogen-bond acceptors (Lipinski definition) is 3. The van der Waals surface area contributed by atoms with Crippen LogP contribution in [0.15, 0.2) is 0 Å². The first-order valence-corrected chi connectivity index (χ1v) is 7.70. The molecule has 1 aliphatic rings. The van der Waals surface area contributed by atoms with Crippen LogP contribution in [0.5, 0.6) is 0 Å². The first kappa shape index (κ1) is 17.4. The highest BCUT2D eigenvalue weighted by Gasteiger charge is 2.28. The van der Waals surface area contributed by atoms with Crippen LogP contribution in [0.3, 0.4) is 0 Å². The van der Waals surface area contributed by atoms with Gasteiger partial charge in [-0.15, -0.1) is 0 Å². The Kier molecular flexibility index (Phi) is 6.02. The van der Waals surface area contributed by atoms with Crippen molar-refractivity contribution in [1.82, 2.24) is 10.2 Å². The van der Waals surface area contributed by atoms with E-state index in [0.717, 1.165) is 19.5 Å². The molecule has 0 spiro atoms. The summed E-state index contributed by atoms with van der Waals surface area (Å²) in [6, 6.07) is 0.425. The summed E-state index contributed by atoms with van der Waals surface area (Å²) < 4.78 is 5.57. The largest absolute Gasteiger partial charge is 0.380 e. The van der Waals surface area contributed by atoms with Crippen LogP contribution in [0, 0.1) is 5.41 Å². The molecule has 1 rings (SSSR count). The number of hydrogen-bond donors (Lipinski definition) is 1. The molecule has 0 radical (unpaired) electrons. The average Bonchev–Trinajstić information content (AvgIpc) is 2.68. The molecule has 1 heterocycles. The van der Waals surface area contributed by atoms with Crippen LogP contribution in [0.4, 0.5) is 0 Å². The number of nitrogens with zero attached hydrogens (tertiary/aromatic N) is 1. The monoisotopic (exact) mass is 284 g/mol. The Balaban J connectivity index is 2.22. The van der Waals surface area contributed by atoms with Gasteiger partial charge in [0.25, 0.3) is 0 Å². The minimum Gasteiger partial charge on any atom is -0.380 e. The van der Waals surface area contributed by atoms with Crippen molar-refractivity contribution in [2.75, 3.05) is 26.3 Å². The van der Waals surface area contributed by atoms with Crippen LogP contribution in [0.1, 0.15) is 54.4 Å². The Morgan fingerprint density at radius 2 is 1.90 bits per heavy atom. The van der Waals surface area contributed by atoms with E-state index in [1.807, 2.05) is 4.90 Å². The van der Waals surface area contributed by atoms with Gasteiger partial charge in [0.05, 0.1) is 19.6 Å². The first-order chi connectivity index (χ1) is 9.07. The number of carbonyl (C=O) groups excluding carboxylic acids is 1. The van der Waals surface area contributed by atoms with Gasteiger partial charge in [0.2, 0.25) is 5.91 Å². The van der Waals surface area contributed by atoms with Gasteiger partial charge in [-0.3, -0.25) is 4.79 Å². The van der Waals surface area contributed by atoms with Crippen molar-refractivity contribution in [2.45, 2.75) is 66.0 Å². The Labute approximate surface area is 124 Å². The van der Waals surface area contributed by atoms with E-state index in [4.69, 9.17) is 4.74 Å². The van der Waals surface area contributed by atoms with Crippen LogP contribution in [0.2, 0.25) is 0 Å².